The molecule has 1 saturated carbocycles. The van der Waals surface area contributed by atoms with E-state index in [1.807, 2.05) is 46.4 Å². The molecule has 2 saturated heterocycles. The van der Waals surface area contributed by atoms with Gasteiger partial charge in [0.15, 0.2) is 5.78 Å². The molecule has 1 aliphatic carbocycles. The maximum Gasteiger partial charge on any atom is 0.411 e. The third-order valence-corrected chi connectivity index (χ3v) is 10.2. The summed E-state index contributed by atoms with van der Waals surface area (Å²) in [5, 5.41) is 0.697. The van der Waals surface area contributed by atoms with E-state index in [-0.39, 0.29) is 47.1 Å². The van der Waals surface area contributed by atoms with E-state index in [0.29, 0.717) is 54.6 Å². The highest BCUT2D eigenvalue weighted by Gasteiger charge is 2.53. The summed E-state index contributed by atoms with van der Waals surface area (Å²) in [5.74, 6) is -1.10. The number of rotatable bonds is 7. The van der Waals surface area contributed by atoms with Crippen LogP contribution < -0.4 is 0 Å². The number of likely N-dealkylation sites (tertiary alicyclic amines) is 2. The fraction of sp³-hybridized carbons (Fsp3) is 0.541. The van der Waals surface area contributed by atoms with Gasteiger partial charge in [-0.1, -0.05) is 0 Å². The Kier molecular flexibility index (Phi) is 9.08. The molecule has 10 nitrogen and oxygen atoms in total. The number of amides is 3. The van der Waals surface area contributed by atoms with Gasteiger partial charge in [0.2, 0.25) is 5.91 Å². The van der Waals surface area contributed by atoms with E-state index in [9.17, 15) is 23.6 Å². The Morgan fingerprint density at radius 2 is 1.77 bits per heavy atom. The fourth-order valence-electron chi connectivity index (χ4n) is 7.91. The van der Waals surface area contributed by atoms with Crippen LogP contribution in [-0.2, 0) is 9.53 Å². The zero-order valence-electron chi connectivity index (χ0n) is 28.7. The van der Waals surface area contributed by atoms with Crippen molar-refractivity contribution in [3.63, 3.8) is 0 Å². The number of aromatic nitrogens is 2. The van der Waals surface area contributed by atoms with Crippen molar-refractivity contribution in [2.75, 3.05) is 19.6 Å². The van der Waals surface area contributed by atoms with Gasteiger partial charge in [0.05, 0.1) is 23.0 Å². The molecule has 2 aliphatic heterocycles. The van der Waals surface area contributed by atoms with E-state index < -0.39 is 23.6 Å². The average Bonchev–Trinajstić information content (AvgIpc) is 3.77. The minimum atomic E-state index is -0.651. The maximum atomic E-state index is 14.5. The molecule has 0 N–H and O–H groups in total. The normalized spacial score (nSPS) is 21.3. The number of nitrogens with zero attached hydrogens (tertiary/aromatic N) is 5. The number of ether oxygens (including phenoxy) is 1. The summed E-state index contributed by atoms with van der Waals surface area (Å²) in [6.45, 7) is 12.5. The second-order valence-corrected chi connectivity index (χ2v) is 14.7. The molecule has 3 aromatic rings. The van der Waals surface area contributed by atoms with E-state index in [0.717, 1.165) is 19.3 Å². The van der Waals surface area contributed by atoms with Crippen LogP contribution in [0.5, 0.6) is 0 Å². The average molecular weight is 660 g/mol. The minimum Gasteiger partial charge on any atom is -0.444 e. The molecule has 0 radical (unpaired) electrons. The Bertz CT molecular complexity index is 1740. The summed E-state index contributed by atoms with van der Waals surface area (Å²) in [5.41, 5.74) is 1.17. The maximum absolute atomic E-state index is 14.5. The summed E-state index contributed by atoms with van der Waals surface area (Å²) in [7, 11) is 0. The number of fused-ring (bicyclic) bond motifs is 3. The van der Waals surface area contributed by atoms with Crippen molar-refractivity contribution in [1.82, 2.24) is 24.3 Å². The highest BCUT2D eigenvalue weighted by atomic mass is 19.1. The van der Waals surface area contributed by atoms with Crippen molar-refractivity contribution in [3.05, 3.63) is 59.8 Å². The topological polar surface area (TPSA) is 105 Å². The van der Waals surface area contributed by atoms with E-state index in [1.165, 1.54) is 12.1 Å². The summed E-state index contributed by atoms with van der Waals surface area (Å²) < 4.78 is 22.0. The molecule has 6 rings (SSSR count). The molecule has 3 aliphatic rings. The van der Waals surface area contributed by atoms with Gasteiger partial charge in [-0.2, -0.15) is 0 Å². The van der Waals surface area contributed by atoms with Gasteiger partial charge in [-0.15, -0.1) is 0 Å². The lowest BCUT2D eigenvalue weighted by molar-refractivity contribution is -0.139. The van der Waals surface area contributed by atoms with E-state index in [2.05, 4.69) is 4.98 Å². The lowest BCUT2D eigenvalue weighted by Gasteiger charge is -2.39. The molecule has 4 heterocycles. The first kappa shape index (κ1) is 33.6. The predicted octanol–water partition coefficient (Wildman–Crippen LogP) is 6.24. The van der Waals surface area contributed by atoms with Crippen molar-refractivity contribution >= 4 is 34.6 Å². The number of hydrogen-bond donors (Lipinski definition) is 0. The predicted molar refractivity (Wildman–Crippen MR) is 179 cm³/mol. The lowest BCUT2D eigenvalue weighted by atomic mass is 9.88. The largest absolute Gasteiger partial charge is 0.444 e. The van der Waals surface area contributed by atoms with Gasteiger partial charge >= 0.3 is 6.09 Å². The van der Waals surface area contributed by atoms with Crippen LogP contribution in [0.3, 0.4) is 0 Å². The number of pyridine rings is 1. The molecule has 3 amide bonds. The number of benzene rings is 1. The smallest absolute Gasteiger partial charge is 0.411 e. The van der Waals surface area contributed by atoms with Crippen molar-refractivity contribution in [2.24, 2.45) is 11.8 Å². The molecule has 3 atom stereocenters. The number of hydrogen-bond acceptors (Lipinski definition) is 6. The fourth-order valence-corrected chi connectivity index (χ4v) is 7.91. The Hall–Kier alpha value is -4.28. The lowest BCUT2D eigenvalue weighted by Crippen LogP contribution is -2.56. The first-order valence-corrected chi connectivity index (χ1v) is 17.2. The molecule has 256 valence electrons. The Balaban J connectivity index is 1.22. The van der Waals surface area contributed by atoms with Crippen LogP contribution in [0.2, 0.25) is 0 Å². The highest BCUT2D eigenvalue weighted by molar-refractivity contribution is 6.10. The number of carbonyl (C=O) groups excluding carboxylic acids is 4. The second-order valence-electron chi connectivity index (χ2n) is 14.7. The third kappa shape index (κ3) is 6.19. The number of carbonyl (C=O) groups is 4. The van der Waals surface area contributed by atoms with Crippen molar-refractivity contribution in [1.29, 1.82) is 0 Å². The Labute approximate surface area is 281 Å². The number of halogens is 1. The molecular weight excluding hydrogens is 613 g/mol. The molecule has 2 aromatic heterocycles. The zero-order valence-corrected chi connectivity index (χ0v) is 28.7. The van der Waals surface area contributed by atoms with E-state index >= 15 is 0 Å². The van der Waals surface area contributed by atoms with Gasteiger partial charge in [-0.25, -0.2) is 9.18 Å². The van der Waals surface area contributed by atoms with Crippen LogP contribution in [-0.4, -0.2) is 91.3 Å². The van der Waals surface area contributed by atoms with Gasteiger partial charge in [0, 0.05) is 61.0 Å². The molecule has 0 spiro atoms. The first-order valence-electron chi connectivity index (χ1n) is 17.2. The molecule has 11 heteroatoms. The number of piperidine rings is 2. The van der Waals surface area contributed by atoms with Crippen LogP contribution in [0.1, 0.15) is 94.4 Å². The molecular formula is C37H46FN5O5. The second kappa shape index (κ2) is 13.0. The highest BCUT2D eigenvalue weighted by Crippen LogP contribution is 2.44. The van der Waals surface area contributed by atoms with Crippen molar-refractivity contribution in [2.45, 2.75) is 97.4 Å². The molecule has 1 aromatic carbocycles. The van der Waals surface area contributed by atoms with Crippen molar-refractivity contribution < 1.29 is 28.3 Å². The Morgan fingerprint density at radius 3 is 2.44 bits per heavy atom. The van der Waals surface area contributed by atoms with Crippen LogP contribution >= 0.6 is 0 Å². The van der Waals surface area contributed by atoms with Gasteiger partial charge in [0.25, 0.3) is 5.91 Å². The quantitative estimate of drug-likeness (QED) is 0.278. The molecule has 3 fully saturated rings. The Morgan fingerprint density at radius 1 is 1.04 bits per heavy atom. The minimum absolute atomic E-state index is 0.0251. The van der Waals surface area contributed by atoms with Crippen molar-refractivity contribution in [3.8, 4) is 5.69 Å². The van der Waals surface area contributed by atoms with Gasteiger partial charge in [0.1, 0.15) is 17.5 Å². The zero-order chi connectivity index (χ0) is 34.5. The van der Waals surface area contributed by atoms with Crippen LogP contribution in [0.4, 0.5) is 9.18 Å². The van der Waals surface area contributed by atoms with Gasteiger partial charge < -0.3 is 19.1 Å². The molecule has 1 unspecified atom stereocenters. The monoisotopic (exact) mass is 659 g/mol. The van der Waals surface area contributed by atoms with Gasteiger partial charge in [-0.3, -0.25) is 24.3 Å². The first-order chi connectivity index (χ1) is 22.8. The SMILES string of the molecule is CCN(C(=O)c1cc(F)ccc1-n1cc(C(=O)C2CCN(C(=O)[C@@H]3[C@H]4CCC(C4)N3C(=O)OC(C)(C)C)CC2)c2ccncc21)C(C)C. The summed E-state index contributed by atoms with van der Waals surface area (Å²) in [4.78, 5) is 64.3. The van der Waals surface area contributed by atoms with Crippen LogP contribution in [0.25, 0.3) is 16.6 Å². The third-order valence-electron chi connectivity index (χ3n) is 10.2. The summed E-state index contributed by atoms with van der Waals surface area (Å²) in [6, 6.07) is 5.34. The summed E-state index contributed by atoms with van der Waals surface area (Å²) >= 11 is 0. The van der Waals surface area contributed by atoms with E-state index in [1.54, 1.807) is 45.1 Å². The number of ketones is 1. The molecule has 2 bridgehead atoms. The molecule has 48 heavy (non-hydrogen) atoms. The van der Waals surface area contributed by atoms with Crippen LogP contribution in [0, 0.1) is 17.7 Å². The van der Waals surface area contributed by atoms with E-state index in [4.69, 9.17) is 4.74 Å². The number of Topliss-reactive ketones (excluding diaryl/α,β-unsaturated/α-hetero) is 1. The van der Waals surface area contributed by atoms with Crippen LogP contribution in [0.15, 0.2) is 42.9 Å². The van der Waals surface area contributed by atoms with Gasteiger partial charge in [-0.05, 0) is 104 Å². The summed E-state index contributed by atoms with van der Waals surface area (Å²) in [6.07, 6.45) is 8.20. The standard InChI is InChI=1S/C37H46FN5O5/c1-7-41(22(2)3)34(45)28-19-25(38)9-11-30(28)42-21-29(27-12-15-39-20-31(27)42)33(44)23-13-16-40(17-14-23)35(46)32-24-8-10-26(18-24)43(32)36(47)48-37(4,5)6/h9,11-12,15,19-24,26,32H,7-8,10,13-14,16-18H2,1-6H3/t24-,26?,32-/m0/s1.